The first-order valence-electron chi connectivity index (χ1n) is 7.64. The van der Waals surface area contributed by atoms with Gasteiger partial charge in [-0.15, -0.1) is 0 Å². The Morgan fingerprint density at radius 2 is 2.13 bits per heavy atom. The molecule has 0 atom stereocenters. The highest BCUT2D eigenvalue weighted by molar-refractivity contribution is 7.17. The van der Waals surface area contributed by atoms with E-state index in [1.807, 2.05) is 13.8 Å². The van der Waals surface area contributed by atoms with Crippen LogP contribution in [0.4, 0.5) is 5.13 Å². The molecule has 0 spiro atoms. The van der Waals surface area contributed by atoms with E-state index >= 15 is 0 Å². The summed E-state index contributed by atoms with van der Waals surface area (Å²) in [6, 6.07) is 1.77. The molecule has 0 aliphatic heterocycles. The number of anilines is 1. The van der Waals surface area contributed by atoms with E-state index in [2.05, 4.69) is 29.2 Å². The minimum Gasteiger partial charge on any atom is -0.296 e. The van der Waals surface area contributed by atoms with Crippen molar-refractivity contribution < 1.29 is 9.59 Å². The minimum atomic E-state index is -0.256. The van der Waals surface area contributed by atoms with Gasteiger partial charge >= 0.3 is 0 Å². The van der Waals surface area contributed by atoms with Crippen LogP contribution in [0, 0.1) is 5.41 Å². The Kier molecular flexibility index (Phi) is 3.83. The number of hydrogen-bond donors (Lipinski definition) is 1. The maximum absolute atomic E-state index is 12.4. The number of hydrogen-bond acceptors (Lipinski definition) is 5. The third-order valence-electron chi connectivity index (χ3n) is 3.85. The number of rotatable bonds is 3. The number of carbonyl (C=O) groups excluding carboxylic acids is 2. The average Bonchev–Trinajstić information content (AvgIpc) is 3.03. The van der Waals surface area contributed by atoms with Crippen LogP contribution >= 0.6 is 11.3 Å². The first-order chi connectivity index (χ1) is 10.8. The van der Waals surface area contributed by atoms with Gasteiger partial charge in [0.2, 0.25) is 0 Å². The fourth-order valence-electron chi connectivity index (χ4n) is 2.84. The van der Waals surface area contributed by atoms with Gasteiger partial charge in [-0.1, -0.05) is 25.2 Å². The Morgan fingerprint density at radius 3 is 2.83 bits per heavy atom. The van der Waals surface area contributed by atoms with E-state index in [1.54, 1.807) is 16.9 Å². The highest BCUT2D eigenvalue weighted by Gasteiger charge is 2.34. The predicted octanol–water partition coefficient (Wildman–Crippen LogP) is 3.33. The molecule has 6 nitrogen and oxygen atoms in total. The van der Waals surface area contributed by atoms with Gasteiger partial charge in [-0.2, -0.15) is 5.10 Å². The smallest absolute Gasteiger partial charge is 0.275 e. The minimum absolute atomic E-state index is 0.0737. The van der Waals surface area contributed by atoms with E-state index in [0.717, 1.165) is 12.1 Å². The fourth-order valence-corrected chi connectivity index (χ4v) is 3.75. The largest absolute Gasteiger partial charge is 0.296 e. The van der Waals surface area contributed by atoms with Crippen molar-refractivity contribution in [1.82, 2.24) is 14.8 Å². The molecule has 0 unspecified atom stereocenters. The molecule has 3 rings (SSSR count). The van der Waals surface area contributed by atoms with Gasteiger partial charge in [0.05, 0.1) is 10.6 Å². The lowest BCUT2D eigenvalue weighted by Gasteiger charge is -2.26. The Balaban J connectivity index is 1.83. The molecule has 2 aromatic rings. The van der Waals surface area contributed by atoms with Crippen LogP contribution in [0.3, 0.4) is 0 Å². The molecule has 1 aliphatic rings. The number of carbonyl (C=O) groups is 2. The summed E-state index contributed by atoms with van der Waals surface area (Å²) in [5.41, 5.74) is 1.21. The summed E-state index contributed by atoms with van der Waals surface area (Å²) in [4.78, 5) is 29.8. The molecular weight excluding hydrogens is 312 g/mol. The SMILES string of the molecule is CC(C)n1nccc1C(=O)Nc1nc2c(s1)C(=O)CC(C)(C)C2. The molecule has 122 valence electrons. The molecule has 2 heterocycles. The van der Waals surface area contributed by atoms with Crippen LogP contribution < -0.4 is 5.32 Å². The maximum Gasteiger partial charge on any atom is 0.275 e. The Bertz CT molecular complexity index is 773. The van der Waals surface area contributed by atoms with Crippen LogP contribution in [-0.4, -0.2) is 26.5 Å². The lowest BCUT2D eigenvalue weighted by molar-refractivity contribution is 0.0915. The van der Waals surface area contributed by atoms with Gasteiger partial charge in [0, 0.05) is 18.7 Å². The van der Waals surface area contributed by atoms with Gasteiger partial charge in [0.15, 0.2) is 10.9 Å². The number of nitrogens with zero attached hydrogens (tertiary/aromatic N) is 3. The zero-order valence-corrected chi connectivity index (χ0v) is 14.5. The quantitative estimate of drug-likeness (QED) is 0.935. The van der Waals surface area contributed by atoms with Crippen molar-refractivity contribution in [1.29, 1.82) is 0 Å². The van der Waals surface area contributed by atoms with E-state index < -0.39 is 0 Å². The molecule has 0 saturated carbocycles. The Labute approximate surface area is 138 Å². The highest BCUT2D eigenvalue weighted by atomic mass is 32.1. The zero-order chi connectivity index (χ0) is 16.8. The van der Waals surface area contributed by atoms with Gasteiger partial charge < -0.3 is 0 Å². The number of Topliss-reactive ketones (excluding diaryl/α,β-unsaturated/α-hetero) is 1. The van der Waals surface area contributed by atoms with E-state index in [4.69, 9.17) is 0 Å². The number of ketones is 1. The van der Waals surface area contributed by atoms with Crippen LogP contribution in [0.1, 0.15) is 66.0 Å². The summed E-state index contributed by atoms with van der Waals surface area (Å²) >= 11 is 1.26. The van der Waals surface area contributed by atoms with Crippen molar-refractivity contribution in [3.63, 3.8) is 0 Å². The van der Waals surface area contributed by atoms with Crippen LogP contribution in [0.5, 0.6) is 0 Å². The first kappa shape index (κ1) is 15.9. The molecule has 1 amide bonds. The molecule has 0 bridgehead atoms. The second kappa shape index (κ2) is 5.56. The molecule has 2 aromatic heterocycles. The first-order valence-corrected chi connectivity index (χ1v) is 8.46. The summed E-state index contributed by atoms with van der Waals surface area (Å²) in [5.74, 6) is -0.143. The van der Waals surface area contributed by atoms with Crippen molar-refractivity contribution in [2.75, 3.05) is 5.32 Å². The molecule has 7 heteroatoms. The average molecular weight is 332 g/mol. The second-order valence-electron chi connectivity index (χ2n) is 6.94. The molecule has 0 radical (unpaired) electrons. The standard InChI is InChI=1S/C16H20N4O2S/c1-9(2)20-11(5-6-17-20)14(22)19-15-18-10-7-16(3,4)8-12(21)13(10)23-15/h5-6,9H,7-8H2,1-4H3,(H,18,19,22). The Hall–Kier alpha value is -2.02. The second-order valence-corrected chi connectivity index (χ2v) is 7.94. The molecule has 0 saturated heterocycles. The van der Waals surface area contributed by atoms with Gasteiger partial charge in [-0.3, -0.25) is 19.6 Å². The van der Waals surface area contributed by atoms with Gasteiger partial charge in [0.1, 0.15) is 5.69 Å². The van der Waals surface area contributed by atoms with Crippen molar-refractivity contribution in [3.8, 4) is 0 Å². The summed E-state index contributed by atoms with van der Waals surface area (Å²) < 4.78 is 1.66. The summed E-state index contributed by atoms with van der Waals surface area (Å²) in [7, 11) is 0. The Morgan fingerprint density at radius 1 is 1.39 bits per heavy atom. The van der Waals surface area contributed by atoms with Crippen molar-refractivity contribution >= 4 is 28.2 Å². The normalized spacial score (nSPS) is 16.5. The number of thiazole rings is 1. The van der Waals surface area contributed by atoms with Crippen LogP contribution in [0.25, 0.3) is 0 Å². The third-order valence-corrected chi connectivity index (χ3v) is 4.90. The number of amides is 1. The highest BCUT2D eigenvalue weighted by Crippen LogP contribution is 2.38. The van der Waals surface area contributed by atoms with Crippen LogP contribution in [-0.2, 0) is 6.42 Å². The molecule has 1 N–H and O–H groups in total. The van der Waals surface area contributed by atoms with Crippen molar-refractivity contribution in [3.05, 3.63) is 28.5 Å². The monoisotopic (exact) mass is 332 g/mol. The molecule has 23 heavy (non-hydrogen) atoms. The van der Waals surface area contributed by atoms with Crippen LogP contribution in [0.15, 0.2) is 12.3 Å². The summed E-state index contributed by atoms with van der Waals surface area (Å²) in [6.07, 6.45) is 2.88. The summed E-state index contributed by atoms with van der Waals surface area (Å²) in [6.45, 7) is 8.05. The fraction of sp³-hybridized carbons (Fsp3) is 0.500. The number of fused-ring (bicyclic) bond motifs is 1. The zero-order valence-electron chi connectivity index (χ0n) is 13.7. The lowest BCUT2D eigenvalue weighted by atomic mass is 9.78. The molecule has 1 aliphatic carbocycles. The predicted molar refractivity (Wildman–Crippen MR) is 89.1 cm³/mol. The maximum atomic E-state index is 12.4. The molecular formula is C16H20N4O2S. The summed E-state index contributed by atoms with van der Waals surface area (Å²) in [5, 5.41) is 7.43. The van der Waals surface area contributed by atoms with Crippen molar-refractivity contribution in [2.24, 2.45) is 5.41 Å². The van der Waals surface area contributed by atoms with Crippen LogP contribution in [0.2, 0.25) is 0 Å². The molecule has 0 fully saturated rings. The lowest BCUT2D eigenvalue weighted by Crippen LogP contribution is -2.26. The van der Waals surface area contributed by atoms with Gasteiger partial charge in [-0.25, -0.2) is 4.98 Å². The van der Waals surface area contributed by atoms with E-state index in [1.165, 1.54) is 11.3 Å². The number of nitrogens with one attached hydrogen (secondary N) is 1. The number of aromatic nitrogens is 3. The van der Waals surface area contributed by atoms with Crippen molar-refractivity contribution in [2.45, 2.75) is 46.6 Å². The molecule has 0 aromatic carbocycles. The third kappa shape index (κ3) is 3.06. The van der Waals surface area contributed by atoms with Gasteiger partial charge in [0.25, 0.3) is 5.91 Å². The van der Waals surface area contributed by atoms with Gasteiger partial charge in [-0.05, 0) is 31.7 Å². The topological polar surface area (TPSA) is 76.9 Å². The van der Waals surface area contributed by atoms with E-state index in [9.17, 15) is 9.59 Å². The van der Waals surface area contributed by atoms with E-state index in [0.29, 0.717) is 22.1 Å². The van der Waals surface area contributed by atoms with E-state index in [-0.39, 0.29) is 23.1 Å².